The summed E-state index contributed by atoms with van der Waals surface area (Å²) in [7, 11) is 0. The van der Waals surface area contributed by atoms with E-state index in [1.54, 1.807) is 12.4 Å². The van der Waals surface area contributed by atoms with Crippen LogP contribution in [-0.2, 0) is 11.2 Å². The van der Waals surface area contributed by atoms with E-state index in [9.17, 15) is 9.18 Å². The number of aromatic nitrogens is 5. The first kappa shape index (κ1) is 28.5. The second kappa shape index (κ2) is 11.1. The van der Waals surface area contributed by atoms with Crippen molar-refractivity contribution in [1.29, 1.82) is 0 Å². The molecule has 5 aliphatic heterocycles. The van der Waals surface area contributed by atoms with Crippen LogP contribution in [0.15, 0.2) is 18.5 Å². The molecule has 9 rings (SSSR count). The molecular weight excluding hydrogens is 578 g/mol. The minimum absolute atomic E-state index is 0.0473. The van der Waals surface area contributed by atoms with E-state index in [2.05, 4.69) is 30.3 Å². The number of aryl methyl sites for hydroxylation is 1. The number of ether oxygens (including phenoxy) is 1. The molecule has 1 amide bonds. The first-order chi connectivity index (χ1) is 21.9. The van der Waals surface area contributed by atoms with Crippen LogP contribution in [0.5, 0.6) is 6.01 Å². The van der Waals surface area contributed by atoms with E-state index in [1.807, 2.05) is 13.0 Å². The summed E-state index contributed by atoms with van der Waals surface area (Å²) in [4.78, 5) is 31.5. The molecule has 1 aromatic carbocycles. The van der Waals surface area contributed by atoms with Gasteiger partial charge in [-0.1, -0.05) is 0 Å². The molecule has 4 aromatic rings. The zero-order valence-electron chi connectivity index (χ0n) is 25.5. The van der Waals surface area contributed by atoms with Gasteiger partial charge in [0.2, 0.25) is 5.91 Å². The lowest BCUT2D eigenvalue weighted by molar-refractivity contribution is -0.122. The van der Waals surface area contributed by atoms with Crippen LogP contribution in [0.3, 0.4) is 0 Å². The Morgan fingerprint density at radius 1 is 1.09 bits per heavy atom. The van der Waals surface area contributed by atoms with Crippen molar-refractivity contribution in [3.05, 3.63) is 35.4 Å². The lowest BCUT2D eigenvalue weighted by atomic mass is 9.91. The number of amides is 1. The number of nitrogens with zero attached hydrogens (tertiary/aromatic N) is 6. The number of pyridine rings is 1. The van der Waals surface area contributed by atoms with Crippen LogP contribution in [0.2, 0.25) is 0 Å². The normalized spacial score (nSPS) is 25.7. The number of halogens is 2. The van der Waals surface area contributed by atoms with Gasteiger partial charge in [0.1, 0.15) is 29.8 Å². The Labute approximate surface area is 259 Å². The van der Waals surface area contributed by atoms with Crippen LogP contribution in [0.1, 0.15) is 62.5 Å². The van der Waals surface area contributed by atoms with E-state index in [0.29, 0.717) is 55.7 Å². The second-order valence-electron chi connectivity index (χ2n) is 13.3. The van der Waals surface area contributed by atoms with E-state index in [1.165, 1.54) is 0 Å². The predicted molar refractivity (Wildman–Crippen MR) is 167 cm³/mol. The number of rotatable bonds is 3. The quantitative estimate of drug-likeness (QED) is 0.338. The van der Waals surface area contributed by atoms with Gasteiger partial charge in [0.05, 0.1) is 22.6 Å². The van der Waals surface area contributed by atoms with E-state index >= 15 is 4.39 Å². The van der Waals surface area contributed by atoms with Gasteiger partial charge in [-0.05, 0) is 75.6 Å². The van der Waals surface area contributed by atoms with E-state index < -0.39 is 17.5 Å². The molecule has 12 heteroatoms. The van der Waals surface area contributed by atoms with Crippen molar-refractivity contribution < 1.29 is 18.3 Å². The lowest BCUT2D eigenvalue weighted by Gasteiger charge is -2.35. The maximum Gasteiger partial charge on any atom is 0.319 e. The molecule has 3 fully saturated rings. The van der Waals surface area contributed by atoms with Gasteiger partial charge >= 0.3 is 6.01 Å². The molecule has 0 aliphatic carbocycles. The maximum atomic E-state index is 17.0. The van der Waals surface area contributed by atoms with E-state index in [4.69, 9.17) is 14.7 Å². The minimum Gasteiger partial charge on any atom is -0.461 e. The van der Waals surface area contributed by atoms with Gasteiger partial charge in [0.25, 0.3) is 0 Å². The van der Waals surface area contributed by atoms with E-state index in [0.717, 1.165) is 67.1 Å². The van der Waals surface area contributed by atoms with Gasteiger partial charge in [0.15, 0.2) is 5.82 Å². The summed E-state index contributed by atoms with van der Waals surface area (Å²) in [5.74, 6) is 0.0503. The van der Waals surface area contributed by atoms with Crippen molar-refractivity contribution in [2.75, 3.05) is 37.7 Å². The number of piperidine rings is 1. The van der Waals surface area contributed by atoms with Gasteiger partial charge in [-0.25, -0.2) is 8.78 Å². The molecule has 236 valence electrons. The molecule has 45 heavy (non-hydrogen) atoms. The Morgan fingerprint density at radius 3 is 2.89 bits per heavy atom. The second-order valence-corrected chi connectivity index (χ2v) is 13.3. The monoisotopic (exact) mass is 616 g/mol. The summed E-state index contributed by atoms with van der Waals surface area (Å²) in [6, 6.07) is 2.05. The zero-order valence-corrected chi connectivity index (χ0v) is 25.5. The largest absolute Gasteiger partial charge is 0.461 e. The first-order valence-corrected chi connectivity index (χ1v) is 16.3. The maximum absolute atomic E-state index is 17.0. The number of aromatic amines is 1. The molecule has 3 atom stereocenters. The van der Waals surface area contributed by atoms with Crippen LogP contribution in [-0.4, -0.2) is 86.5 Å². The standard InChI is InChI=1S/C33H38F2N8O2/c1-19-12-25-23(15-37-41-25)27-22(19)7-2-3-8-26(44)38-21-6-4-10-42(17-21)31-24-14-36-30(27)28(35)29(24)39-32(40-31)45-18-33-9-5-11-43(33)16-20(34)13-33/h12,14-15,20-21H,2-11,13,16-18H2,1H3,(H,37,41)(H,38,44)/t20-,21-,33+/m1/s1. The molecule has 3 saturated heterocycles. The molecule has 8 heterocycles. The smallest absolute Gasteiger partial charge is 0.319 e. The molecule has 5 aliphatic rings. The number of nitrogens with one attached hydrogen (secondary N) is 2. The molecular formula is C33H38F2N8O2. The van der Waals surface area contributed by atoms with Crippen LogP contribution < -0.4 is 15.0 Å². The molecule has 6 bridgehead atoms. The predicted octanol–water partition coefficient (Wildman–Crippen LogP) is 4.78. The molecule has 10 nitrogen and oxygen atoms in total. The highest BCUT2D eigenvalue weighted by atomic mass is 19.1. The van der Waals surface area contributed by atoms with Crippen LogP contribution >= 0.6 is 0 Å². The van der Waals surface area contributed by atoms with Crippen LogP contribution in [0, 0.1) is 12.7 Å². The summed E-state index contributed by atoms with van der Waals surface area (Å²) in [6.45, 7) is 4.76. The summed E-state index contributed by atoms with van der Waals surface area (Å²) in [5.41, 5.74) is 3.43. The molecule has 0 unspecified atom stereocenters. The molecule has 3 aromatic heterocycles. The molecule has 0 spiro atoms. The number of anilines is 1. The Bertz CT molecular complexity index is 1800. The number of hydrogen-bond acceptors (Lipinski definition) is 8. The van der Waals surface area contributed by atoms with Gasteiger partial charge in [-0.3, -0.25) is 19.8 Å². The highest BCUT2D eigenvalue weighted by molar-refractivity contribution is 5.99. The van der Waals surface area contributed by atoms with Crippen molar-refractivity contribution in [1.82, 2.24) is 35.4 Å². The number of fused-ring (bicyclic) bond motifs is 8. The third-order valence-corrected chi connectivity index (χ3v) is 10.4. The zero-order chi connectivity index (χ0) is 30.7. The average molecular weight is 617 g/mol. The first-order valence-electron chi connectivity index (χ1n) is 16.3. The van der Waals surface area contributed by atoms with Crippen LogP contribution in [0.4, 0.5) is 14.6 Å². The van der Waals surface area contributed by atoms with Crippen molar-refractivity contribution >= 4 is 33.5 Å². The Balaban J connectivity index is 1.29. The van der Waals surface area contributed by atoms with E-state index in [-0.39, 0.29) is 35.8 Å². The van der Waals surface area contributed by atoms with Crippen molar-refractivity contribution in [2.24, 2.45) is 0 Å². The van der Waals surface area contributed by atoms with Gasteiger partial charge in [-0.15, -0.1) is 0 Å². The highest BCUT2D eigenvalue weighted by Gasteiger charge is 2.49. The number of carbonyl (C=O) groups excluding carboxylic acids is 1. The fourth-order valence-corrected chi connectivity index (χ4v) is 8.19. The average Bonchev–Trinajstić information content (AvgIpc) is 3.72. The summed E-state index contributed by atoms with van der Waals surface area (Å²) < 4.78 is 37.8. The van der Waals surface area contributed by atoms with Crippen LogP contribution in [0.25, 0.3) is 33.1 Å². The summed E-state index contributed by atoms with van der Waals surface area (Å²) >= 11 is 0. The Kier molecular flexibility index (Phi) is 7.07. The highest BCUT2D eigenvalue weighted by Crippen LogP contribution is 2.42. The number of H-pyrrole nitrogens is 1. The molecule has 0 radical (unpaired) electrons. The third-order valence-electron chi connectivity index (χ3n) is 10.4. The van der Waals surface area contributed by atoms with Gasteiger partial charge < -0.3 is 15.0 Å². The third kappa shape index (κ3) is 4.97. The number of alkyl halides is 1. The Morgan fingerprint density at radius 2 is 1.98 bits per heavy atom. The fraction of sp³-hybridized carbons (Fsp3) is 0.545. The topological polar surface area (TPSA) is 112 Å². The number of benzene rings is 1. The summed E-state index contributed by atoms with van der Waals surface area (Å²) in [5, 5.41) is 11.8. The Hall–Kier alpha value is -3.93. The molecule has 2 N–H and O–H groups in total. The number of hydrogen-bond donors (Lipinski definition) is 2. The van der Waals surface area contributed by atoms with Crippen molar-refractivity contribution in [3.8, 4) is 17.3 Å². The van der Waals surface area contributed by atoms with Crippen molar-refractivity contribution in [2.45, 2.75) is 82.5 Å². The van der Waals surface area contributed by atoms with Gasteiger partial charge in [-0.2, -0.15) is 15.1 Å². The number of carbonyl (C=O) groups is 1. The SMILES string of the molecule is Cc1cc2[nH]ncc2c2c1CCCCC(=O)N[C@@H]1CCCN(C1)c1nc(OC[C@@]34CCCN3C[C@H](F)C4)nc3c(F)c-2ncc13. The summed E-state index contributed by atoms with van der Waals surface area (Å²) in [6.07, 6.45) is 9.08. The lowest BCUT2D eigenvalue weighted by Crippen LogP contribution is -2.48. The van der Waals surface area contributed by atoms with Crippen molar-refractivity contribution in [3.63, 3.8) is 0 Å². The van der Waals surface area contributed by atoms with Gasteiger partial charge in [0, 0.05) is 55.7 Å². The molecule has 0 saturated carbocycles. The minimum atomic E-state index is -0.885. The fourth-order valence-electron chi connectivity index (χ4n) is 8.19.